The number of hydrogen-bond donors (Lipinski definition) is 2. The van der Waals surface area contributed by atoms with E-state index in [1.165, 1.54) is 14.2 Å². The Bertz CT molecular complexity index is 745. The third-order valence-corrected chi connectivity index (χ3v) is 4.05. The first-order valence-electron chi connectivity index (χ1n) is 8.85. The molecule has 6 nitrogen and oxygen atoms in total. The first kappa shape index (κ1) is 21.2. The minimum atomic E-state index is -0.583. The van der Waals surface area contributed by atoms with Gasteiger partial charge in [-0.3, -0.25) is 10.6 Å². The normalized spacial score (nSPS) is 12.2. The molecule has 6 heteroatoms. The molecule has 2 aromatic rings. The van der Waals surface area contributed by atoms with Crippen molar-refractivity contribution in [1.29, 1.82) is 0 Å². The standard InChI is InChI=1S/C22H24N2O4/c1-27-21(25)19(17-11-5-3-6-12-17)23-15-9-10-16-24-20(22(26)28-2)18-13-7-4-8-14-18/h3-8,11-14,19-20,23-24H,15-16H2,1-2H3/t19-,20-/m0/s1. The number of ether oxygens (including phenoxy) is 2. The van der Waals surface area contributed by atoms with Crippen molar-refractivity contribution in [3.8, 4) is 11.8 Å². The highest BCUT2D eigenvalue weighted by Crippen LogP contribution is 2.14. The summed E-state index contributed by atoms with van der Waals surface area (Å²) in [6, 6.07) is 17.4. The van der Waals surface area contributed by atoms with E-state index in [9.17, 15) is 9.59 Å². The van der Waals surface area contributed by atoms with E-state index in [1.807, 2.05) is 60.7 Å². The summed E-state index contributed by atoms with van der Waals surface area (Å²) in [7, 11) is 2.71. The molecule has 2 atom stereocenters. The van der Waals surface area contributed by atoms with Gasteiger partial charge in [0.05, 0.1) is 27.3 Å². The topological polar surface area (TPSA) is 76.7 Å². The number of methoxy groups -OCH3 is 2. The second kappa shape index (κ2) is 11.5. The largest absolute Gasteiger partial charge is 0.468 e. The van der Waals surface area contributed by atoms with Crippen molar-refractivity contribution in [1.82, 2.24) is 10.6 Å². The van der Waals surface area contributed by atoms with Crippen LogP contribution in [0.1, 0.15) is 23.2 Å². The van der Waals surface area contributed by atoms with Crippen LogP contribution in [-0.2, 0) is 19.1 Å². The van der Waals surface area contributed by atoms with Gasteiger partial charge in [0.25, 0.3) is 0 Å². The van der Waals surface area contributed by atoms with Gasteiger partial charge in [0.1, 0.15) is 12.1 Å². The number of carbonyl (C=O) groups is 2. The van der Waals surface area contributed by atoms with Crippen LogP contribution in [0.2, 0.25) is 0 Å². The molecular formula is C22H24N2O4. The van der Waals surface area contributed by atoms with Crippen molar-refractivity contribution in [2.45, 2.75) is 12.1 Å². The summed E-state index contributed by atoms with van der Waals surface area (Å²) >= 11 is 0. The highest BCUT2D eigenvalue weighted by molar-refractivity contribution is 5.78. The molecule has 0 bridgehead atoms. The van der Waals surface area contributed by atoms with E-state index in [4.69, 9.17) is 9.47 Å². The molecule has 0 heterocycles. The van der Waals surface area contributed by atoms with Crippen LogP contribution >= 0.6 is 0 Å². The lowest BCUT2D eigenvalue weighted by atomic mass is 10.1. The zero-order valence-corrected chi connectivity index (χ0v) is 16.0. The Morgan fingerprint density at radius 1 is 0.750 bits per heavy atom. The maximum atomic E-state index is 12.0. The van der Waals surface area contributed by atoms with E-state index < -0.39 is 12.1 Å². The zero-order chi connectivity index (χ0) is 20.2. The van der Waals surface area contributed by atoms with E-state index in [0.29, 0.717) is 13.1 Å². The van der Waals surface area contributed by atoms with Gasteiger partial charge in [0, 0.05) is 0 Å². The Balaban J connectivity index is 1.91. The number of rotatable bonds is 8. The maximum Gasteiger partial charge on any atom is 0.327 e. The van der Waals surface area contributed by atoms with Gasteiger partial charge in [0.2, 0.25) is 0 Å². The second-order valence-corrected chi connectivity index (χ2v) is 5.85. The van der Waals surface area contributed by atoms with Crippen LogP contribution in [-0.4, -0.2) is 39.2 Å². The Morgan fingerprint density at radius 3 is 1.43 bits per heavy atom. The molecule has 0 saturated heterocycles. The first-order valence-corrected chi connectivity index (χ1v) is 8.85. The van der Waals surface area contributed by atoms with Crippen molar-refractivity contribution in [2.24, 2.45) is 0 Å². The van der Waals surface area contributed by atoms with Crippen LogP contribution in [0.3, 0.4) is 0 Å². The fourth-order valence-corrected chi connectivity index (χ4v) is 2.63. The van der Waals surface area contributed by atoms with E-state index >= 15 is 0 Å². The lowest BCUT2D eigenvalue weighted by Crippen LogP contribution is -2.31. The van der Waals surface area contributed by atoms with Gasteiger partial charge in [-0.1, -0.05) is 72.5 Å². The number of nitrogens with one attached hydrogen (secondary N) is 2. The summed E-state index contributed by atoms with van der Waals surface area (Å²) < 4.78 is 9.70. The average molecular weight is 380 g/mol. The summed E-state index contributed by atoms with van der Waals surface area (Å²) in [6.07, 6.45) is 0. The molecule has 0 aromatic heterocycles. The van der Waals surface area contributed by atoms with Crippen LogP contribution < -0.4 is 10.6 Å². The molecular weight excluding hydrogens is 356 g/mol. The third-order valence-electron chi connectivity index (χ3n) is 4.05. The van der Waals surface area contributed by atoms with Crippen LogP contribution in [0.15, 0.2) is 60.7 Å². The van der Waals surface area contributed by atoms with Crippen molar-refractivity contribution >= 4 is 11.9 Å². The van der Waals surface area contributed by atoms with E-state index in [1.54, 1.807) is 0 Å². The number of benzene rings is 2. The monoisotopic (exact) mass is 380 g/mol. The summed E-state index contributed by atoms with van der Waals surface area (Å²) in [4.78, 5) is 24.0. The fourth-order valence-electron chi connectivity index (χ4n) is 2.63. The van der Waals surface area contributed by atoms with E-state index in [2.05, 4.69) is 22.5 Å². The smallest absolute Gasteiger partial charge is 0.327 e. The molecule has 0 aliphatic rings. The Morgan fingerprint density at radius 2 is 1.11 bits per heavy atom. The maximum absolute atomic E-state index is 12.0. The number of carbonyl (C=O) groups excluding carboxylic acids is 2. The van der Waals surface area contributed by atoms with Gasteiger partial charge < -0.3 is 9.47 Å². The molecule has 0 saturated carbocycles. The number of esters is 2. The molecule has 0 radical (unpaired) electrons. The van der Waals surface area contributed by atoms with Crippen molar-refractivity contribution in [2.75, 3.05) is 27.3 Å². The molecule has 0 fully saturated rings. The Labute approximate surface area is 165 Å². The van der Waals surface area contributed by atoms with Crippen molar-refractivity contribution in [3.63, 3.8) is 0 Å². The van der Waals surface area contributed by atoms with Gasteiger partial charge in [0.15, 0.2) is 0 Å². The molecule has 0 aliphatic carbocycles. The van der Waals surface area contributed by atoms with Gasteiger partial charge in [-0.15, -0.1) is 0 Å². The minimum Gasteiger partial charge on any atom is -0.468 e. The van der Waals surface area contributed by atoms with Gasteiger partial charge in [-0.2, -0.15) is 0 Å². The SMILES string of the molecule is COC(=O)[C@@H](NCC#CCN[C@H](C(=O)OC)c1ccccc1)c1ccccc1. The lowest BCUT2D eigenvalue weighted by molar-refractivity contribution is -0.144. The van der Waals surface area contributed by atoms with Crippen LogP contribution in [0.5, 0.6) is 0 Å². The van der Waals surface area contributed by atoms with Gasteiger partial charge >= 0.3 is 11.9 Å². The molecule has 2 aromatic carbocycles. The Kier molecular flexibility index (Phi) is 8.73. The Hall–Kier alpha value is -3.14. The highest BCUT2D eigenvalue weighted by Gasteiger charge is 2.20. The van der Waals surface area contributed by atoms with Crippen LogP contribution in [0.4, 0.5) is 0 Å². The van der Waals surface area contributed by atoms with Crippen LogP contribution in [0, 0.1) is 11.8 Å². The second-order valence-electron chi connectivity index (χ2n) is 5.85. The minimum absolute atomic E-state index is 0.296. The van der Waals surface area contributed by atoms with Gasteiger partial charge in [-0.05, 0) is 11.1 Å². The van der Waals surface area contributed by atoms with E-state index in [-0.39, 0.29) is 11.9 Å². The molecule has 2 N–H and O–H groups in total. The molecule has 0 spiro atoms. The molecule has 0 unspecified atom stereocenters. The van der Waals surface area contributed by atoms with Crippen molar-refractivity contribution in [3.05, 3.63) is 71.8 Å². The highest BCUT2D eigenvalue weighted by atomic mass is 16.5. The lowest BCUT2D eigenvalue weighted by Gasteiger charge is -2.15. The average Bonchev–Trinajstić information content (AvgIpc) is 2.76. The predicted molar refractivity (Wildman–Crippen MR) is 106 cm³/mol. The zero-order valence-electron chi connectivity index (χ0n) is 16.0. The summed E-state index contributed by atoms with van der Waals surface area (Å²) in [6.45, 7) is 0.592. The fraction of sp³-hybridized carbons (Fsp3) is 0.273. The third kappa shape index (κ3) is 6.23. The summed E-state index contributed by atoms with van der Waals surface area (Å²) in [5.41, 5.74) is 1.62. The molecule has 28 heavy (non-hydrogen) atoms. The van der Waals surface area contributed by atoms with Crippen LogP contribution in [0.25, 0.3) is 0 Å². The predicted octanol–water partition coefficient (Wildman–Crippen LogP) is 2.00. The van der Waals surface area contributed by atoms with E-state index in [0.717, 1.165) is 11.1 Å². The molecule has 0 amide bonds. The van der Waals surface area contributed by atoms with Crippen molar-refractivity contribution < 1.29 is 19.1 Å². The molecule has 146 valence electrons. The summed E-state index contributed by atoms with van der Waals surface area (Å²) in [5.74, 6) is 5.14. The van der Waals surface area contributed by atoms with Gasteiger partial charge in [-0.25, -0.2) is 9.59 Å². The molecule has 0 aliphatic heterocycles. The first-order chi connectivity index (χ1) is 13.7. The number of hydrogen-bond acceptors (Lipinski definition) is 6. The quantitative estimate of drug-likeness (QED) is 0.539. The molecule has 2 rings (SSSR count). The summed E-state index contributed by atoms with van der Waals surface area (Å²) in [5, 5.41) is 6.15.